The van der Waals surface area contributed by atoms with Gasteiger partial charge in [-0.2, -0.15) is 0 Å². The summed E-state index contributed by atoms with van der Waals surface area (Å²) >= 11 is 0. The number of likely N-dealkylation sites (N-methyl/N-ethyl adjacent to an activating group) is 1. The monoisotopic (exact) mass is 245 g/mol. The summed E-state index contributed by atoms with van der Waals surface area (Å²) < 4.78 is 26.0. The average Bonchev–Trinajstić information content (AvgIpc) is 2.28. The maximum atomic E-state index is 13.0. The van der Waals surface area contributed by atoms with Crippen LogP contribution in [0, 0.1) is 11.6 Å². The SMILES string of the molecule is CCN(CO)C(C)C(O)c1cc(F)cc(F)c1. The van der Waals surface area contributed by atoms with Crippen molar-refractivity contribution in [2.45, 2.75) is 26.0 Å². The fraction of sp³-hybridized carbons (Fsp3) is 0.500. The van der Waals surface area contributed by atoms with Gasteiger partial charge in [0.1, 0.15) is 11.6 Å². The van der Waals surface area contributed by atoms with Gasteiger partial charge in [0, 0.05) is 12.1 Å². The van der Waals surface area contributed by atoms with Crippen LogP contribution in [0.4, 0.5) is 8.78 Å². The molecule has 1 aromatic rings. The van der Waals surface area contributed by atoms with Crippen molar-refractivity contribution < 1.29 is 19.0 Å². The first-order valence-corrected chi connectivity index (χ1v) is 5.48. The maximum Gasteiger partial charge on any atom is 0.126 e. The van der Waals surface area contributed by atoms with Crippen LogP contribution in [0.3, 0.4) is 0 Å². The summed E-state index contributed by atoms with van der Waals surface area (Å²) in [6.45, 7) is 3.83. The highest BCUT2D eigenvalue weighted by atomic mass is 19.1. The molecule has 0 aromatic heterocycles. The molecule has 0 aliphatic carbocycles. The summed E-state index contributed by atoms with van der Waals surface area (Å²) in [6, 6.07) is 2.52. The standard InChI is InChI=1S/C12H17F2NO2/c1-3-15(7-16)8(2)12(17)9-4-10(13)6-11(14)5-9/h4-6,8,12,16-17H,3,7H2,1-2H3. The smallest absolute Gasteiger partial charge is 0.126 e. The highest BCUT2D eigenvalue weighted by Crippen LogP contribution is 2.22. The van der Waals surface area contributed by atoms with E-state index in [1.807, 2.05) is 6.92 Å². The van der Waals surface area contributed by atoms with Gasteiger partial charge >= 0.3 is 0 Å². The molecule has 0 spiro atoms. The second kappa shape index (κ2) is 6.05. The first kappa shape index (κ1) is 14.0. The molecule has 2 atom stereocenters. The lowest BCUT2D eigenvalue weighted by Crippen LogP contribution is -2.38. The molecule has 1 aromatic carbocycles. The van der Waals surface area contributed by atoms with Crippen molar-refractivity contribution in [2.75, 3.05) is 13.3 Å². The molecule has 0 bridgehead atoms. The van der Waals surface area contributed by atoms with Gasteiger partial charge in [-0.15, -0.1) is 0 Å². The largest absolute Gasteiger partial charge is 0.387 e. The molecule has 2 N–H and O–H groups in total. The fourth-order valence-electron chi connectivity index (χ4n) is 1.74. The summed E-state index contributed by atoms with van der Waals surface area (Å²) in [5, 5.41) is 19.1. The minimum absolute atomic E-state index is 0.168. The van der Waals surface area contributed by atoms with Crippen LogP contribution >= 0.6 is 0 Å². The molecule has 0 saturated carbocycles. The van der Waals surface area contributed by atoms with Crippen molar-refractivity contribution in [1.82, 2.24) is 4.90 Å². The number of halogens is 2. The zero-order chi connectivity index (χ0) is 13.0. The van der Waals surface area contributed by atoms with Gasteiger partial charge < -0.3 is 10.2 Å². The van der Waals surface area contributed by atoms with Crippen molar-refractivity contribution in [2.24, 2.45) is 0 Å². The number of rotatable bonds is 5. The quantitative estimate of drug-likeness (QED) is 0.775. The Labute approximate surface area is 99.3 Å². The van der Waals surface area contributed by atoms with Crippen LogP contribution in [-0.2, 0) is 0 Å². The Balaban J connectivity index is 2.91. The van der Waals surface area contributed by atoms with E-state index in [-0.39, 0.29) is 12.3 Å². The molecule has 96 valence electrons. The lowest BCUT2D eigenvalue weighted by Gasteiger charge is -2.29. The summed E-state index contributed by atoms with van der Waals surface area (Å²) in [6.07, 6.45) is -1.05. The Morgan fingerprint density at radius 1 is 1.24 bits per heavy atom. The molecule has 0 aliphatic heterocycles. The normalized spacial score (nSPS) is 15.0. The summed E-state index contributed by atoms with van der Waals surface area (Å²) in [7, 11) is 0. The molecule has 0 heterocycles. The van der Waals surface area contributed by atoms with E-state index in [4.69, 9.17) is 5.11 Å². The van der Waals surface area contributed by atoms with Crippen molar-refractivity contribution in [3.05, 3.63) is 35.4 Å². The van der Waals surface area contributed by atoms with Gasteiger partial charge in [0.15, 0.2) is 0 Å². The molecule has 2 unspecified atom stereocenters. The zero-order valence-corrected chi connectivity index (χ0v) is 9.90. The van der Waals surface area contributed by atoms with E-state index >= 15 is 0 Å². The number of aliphatic hydroxyl groups is 2. The molecule has 0 saturated heterocycles. The van der Waals surface area contributed by atoms with Crippen LogP contribution in [0.15, 0.2) is 18.2 Å². The van der Waals surface area contributed by atoms with Gasteiger partial charge in [0.25, 0.3) is 0 Å². The number of hydrogen-bond donors (Lipinski definition) is 2. The lowest BCUT2D eigenvalue weighted by atomic mass is 10.0. The molecule has 3 nitrogen and oxygen atoms in total. The van der Waals surface area contributed by atoms with Crippen LogP contribution in [0.2, 0.25) is 0 Å². The van der Waals surface area contributed by atoms with Crippen LogP contribution in [-0.4, -0.2) is 34.4 Å². The molecule has 0 amide bonds. The third-order valence-corrected chi connectivity index (χ3v) is 2.85. The van der Waals surface area contributed by atoms with Crippen LogP contribution in [0.25, 0.3) is 0 Å². The predicted octanol–water partition coefficient (Wildman–Crippen LogP) is 1.66. The molecule has 0 radical (unpaired) electrons. The number of nitrogens with zero attached hydrogens (tertiary/aromatic N) is 1. The van der Waals surface area contributed by atoms with E-state index in [0.29, 0.717) is 6.54 Å². The first-order chi connectivity index (χ1) is 7.99. The van der Waals surface area contributed by atoms with Crippen LogP contribution in [0.1, 0.15) is 25.5 Å². The third-order valence-electron chi connectivity index (χ3n) is 2.85. The second-order valence-electron chi connectivity index (χ2n) is 3.93. The molecule has 1 rings (SSSR count). The predicted molar refractivity (Wildman–Crippen MR) is 60.2 cm³/mol. The third kappa shape index (κ3) is 3.46. The molecular formula is C12H17F2NO2. The Kier molecular flexibility index (Phi) is 4.99. The van der Waals surface area contributed by atoms with E-state index < -0.39 is 23.8 Å². The molecule has 0 aliphatic rings. The zero-order valence-electron chi connectivity index (χ0n) is 9.90. The molecule has 17 heavy (non-hydrogen) atoms. The Hall–Kier alpha value is -1.04. The molecule has 0 fully saturated rings. The van der Waals surface area contributed by atoms with Gasteiger partial charge in [0.05, 0.1) is 12.8 Å². The minimum atomic E-state index is -1.05. The van der Waals surface area contributed by atoms with Gasteiger partial charge in [-0.1, -0.05) is 6.92 Å². The van der Waals surface area contributed by atoms with Crippen LogP contribution < -0.4 is 0 Å². The Bertz CT molecular complexity index is 349. The van der Waals surface area contributed by atoms with Crippen molar-refractivity contribution in [1.29, 1.82) is 0 Å². The average molecular weight is 245 g/mol. The van der Waals surface area contributed by atoms with Gasteiger partial charge in [-0.3, -0.25) is 4.90 Å². The Morgan fingerprint density at radius 2 is 1.76 bits per heavy atom. The van der Waals surface area contributed by atoms with Crippen molar-refractivity contribution in [3.8, 4) is 0 Å². The maximum absolute atomic E-state index is 13.0. The van der Waals surface area contributed by atoms with E-state index in [9.17, 15) is 13.9 Å². The van der Waals surface area contributed by atoms with Gasteiger partial charge in [0.2, 0.25) is 0 Å². The first-order valence-electron chi connectivity index (χ1n) is 5.48. The number of aliphatic hydroxyl groups excluding tert-OH is 2. The second-order valence-corrected chi connectivity index (χ2v) is 3.93. The van der Waals surface area contributed by atoms with E-state index in [1.165, 1.54) is 0 Å². The van der Waals surface area contributed by atoms with Gasteiger partial charge in [-0.05, 0) is 31.2 Å². The molecule has 5 heteroatoms. The number of hydrogen-bond acceptors (Lipinski definition) is 3. The fourth-order valence-corrected chi connectivity index (χ4v) is 1.74. The number of benzene rings is 1. The van der Waals surface area contributed by atoms with E-state index in [2.05, 4.69) is 0 Å². The highest BCUT2D eigenvalue weighted by molar-refractivity contribution is 5.21. The lowest BCUT2D eigenvalue weighted by molar-refractivity contribution is 0.00921. The molecular weight excluding hydrogens is 228 g/mol. The summed E-state index contributed by atoms with van der Waals surface area (Å²) in [5.41, 5.74) is 0.168. The van der Waals surface area contributed by atoms with E-state index in [1.54, 1.807) is 11.8 Å². The van der Waals surface area contributed by atoms with Crippen LogP contribution in [0.5, 0.6) is 0 Å². The highest BCUT2D eigenvalue weighted by Gasteiger charge is 2.22. The summed E-state index contributed by atoms with van der Waals surface area (Å²) in [5.74, 6) is -1.45. The van der Waals surface area contributed by atoms with Gasteiger partial charge in [-0.25, -0.2) is 8.78 Å². The topological polar surface area (TPSA) is 43.7 Å². The van der Waals surface area contributed by atoms with Crippen molar-refractivity contribution in [3.63, 3.8) is 0 Å². The minimum Gasteiger partial charge on any atom is -0.387 e. The van der Waals surface area contributed by atoms with Crippen molar-refractivity contribution >= 4 is 0 Å². The Morgan fingerprint density at radius 3 is 2.18 bits per heavy atom. The van der Waals surface area contributed by atoms with E-state index in [0.717, 1.165) is 18.2 Å². The summed E-state index contributed by atoms with van der Waals surface area (Å²) in [4.78, 5) is 1.59.